The maximum Gasteiger partial charge on any atom is 0.0459 e. The highest BCUT2D eigenvalue weighted by atomic mass is 16.3. The van der Waals surface area contributed by atoms with Crippen molar-refractivity contribution in [3.8, 4) is 0 Å². The van der Waals surface area contributed by atoms with E-state index in [2.05, 4.69) is 5.32 Å². The molecule has 54 valence electrons. The molecule has 1 aliphatic carbocycles. The van der Waals surface area contributed by atoms with Gasteiger partial charge in [-0.2, -0.15) is 0 Å². The van der Waals surface area contributed by atoms with E-state index in [1.54, 1.807) is 0 Å². The molecule has 0 saturated heterocycles. The minimum atomic E-state index is 0.373. The summed E-state index contributed by atoms with van der Waals surface area (Å²) in [5.74, 6) is 0.572. The molecule has 2 heteroatoms. The summed E-state index contributed by atoms with van der Waals surface area (Å²) in [6.07, 6.45) is 3.59. The van der Waals surface area contributed by atoms with Gasteiger partial charge in [0.05, 0.1) is 0 Å². The predicted molar refractivity (Wildman–Crippen MR) is 37.3 cm³/mol. The minimum absolute atomic E-state index is 0.373. The quantitative estimate of drug-likeness (QED) is 0.564. The number of hydrogen-bond acceptors (Lipinski definition) is 2. The number of aliphatic hydroxyl groups is 1. The van der Waals surface area contributed by atoms with Crippen molar-refractivity contribution in [1.29, 1.82) is 0 Å². The van der Waals surface area contributed by atoms with E-state index in [1.165, 1.54) is 12.8 Å². The van der Waals surface area contributed by atoms with Crippen LogP contribution in [0.25, 0.3) is 0 Å². The summed E-state index contributed by atoms with van der Waals surface area (Å²) in [6.45, 7) is 0.373. The highest BCUT2D eigenvalue weighted by Gasteiger charge is 2.21. The van der Waals surface area contributed by atoms with Crippen LogP contribution in [-0.4, -0.2) is 24.8 Å². The molecule has 1 fully saturated rings. The second kappa shape index (κ2) is 3.18. The standard InChI is InChI=1S/C7H15NO/c1-8-7-3-2-6(4-7)5-9/h6-9H,2-5H2,1H3. The van der Waals surface area contributed by atoms with Crippen LogP contribution in [-0.2, 0) is 0 Å². The Morgan fingerprint density at radius 3 is 2.67 bits per heavy atom. The Kier molecular flexibility index (Phi) is 2.49. The lowest BCUT2D eigenvalue weighted by Gasteiger charge is -2.06. The molecule has 0 aromatic rings. The fourth-order valence-electron chi connectivity index (χ4n) is 1.50. The van der Waals surface area contributed by atoms with Gasteiger partial charge in [0.25, 0.3) is 0 Å². The van der Waals surface area contributed by atoms with E-state index >= 15 is 0 Å². The average molecular weight is 129 g/mol. The van der Waals surface area contributed by atoms with E-state index < -0.39 is 0 Å². The molecular formula is C7H15NO. The zero-order valence-electron chi connectivity index (χ0n) is 5.93. The molecule has 1 saturated carbocycles. The third-order valence-electron chi connectivity index (χ3n) is 2.21. The number of nitrogens with one attached hydrogen (secondary N) is 1. The Balaban J connectivity index is 2.20. The Labute approximate surface area is 56.3 Å². The number of rotatable bonds is 2. The molecule has 0 spiro atoms. The van der Waals surface area contributed by atoms with Gasteiger partial charge < -0.3 is 10.4 Å². The summed E-state index contributed by atoms with van der Waals surface area (Å²) in [5, 5.41) is 12.0. The molecule has 0 heterocycles. The third-order valence-corrected chi connectivity index (χ3v) is 2.21. The van der Waals surface area contributed by atoms with Crippen molar-refractivity contribution >= 4 is 0 Å². The van der Waals surface area contributed by atoms with E-state index in [0.29, 0.717) is 18.6 Å². The van der Waals surface area contributed by atoms with E-state index in [9.17, 15) is 0 Å². The van der Waals surface area contributed by atoms with Crippen LogP contribution in [0.5, 0.6) is 0 Å². The molecule has 0 aromatic heterocycles. The normalized spacial score (nSPS) is 35.3. The van der Waals surface area contributed by atoms with Crippen LogP contribution in [0.4, 0.5) is 0 Å². The van der Waals surface area contributed by atoms with Crippen molar-refractivity contribution in [2.24, 2.45) is 5.92 Å². The van der Waals surface area contributed by atoms with Gasteiger partial charge in [-0.25, -0.2) is 0 Å². The van der Waals surface area contributed by atoms with Crippen molar-refractivity contribution < 1.29 is 5.11 Å². The summed E-state index contributed by atoms with van der Waals surface area (Å²) < 4.78 is 0. The van der Waals surface area contributed by atoms with Gasteiger partial charge in [0.15, 0.2) is 0 Å². The molecule has 0 aliphatic heterocycles. The van der Waals surface area contributed by atoms with Crippen LogP contribution in [0.1, 0.15) is 19.3 Å². The van der Waals surface area contributed by atoms with Gasteiger partial charge in [0.2, 0.25) is 0 Å². The van der Waals surface area contributed by atoms with E-state index in [1.807, 2.05) is 7.05 Å². The first-order valence-corrected chi connectivity index (χ1v) is 3.65. The zero-order valence-corrected chi connectivity index (χ0v) is 5.93. The summed E-state index contributed by atoms with van der Waals surface area (Å²) in [5.41, 5.74) is 0. The molecule has 9 heavy (non-hydrogen) atoms. The van der Waals surface area contributed by atoms with Crippen molar-refractivity contribution in [2.75, 3.05) is 13.7 Å². The molecule has 0 bridgehead atoms. The Hall–Kier alpha value is -0.0800. The molecule has 2 atom stereocenters. The molecular weight excluding hydrogens is 114 g/mol. The highest BCUT2D eigenvalue weighted by Crippen LogP contribution is 2.24. The van der Waals surface area contributed by atoms with Gasteiger partial charge in [-0.05, 0) is 32.2 Å². The maximum atomic E-state index is 8.75. The number of aliphatic hydroxyl groups excluding tert-OH is 1. The van der Waals surface area contributed by atoms with Gasteiger partial charge in [-0.3, -0.25) is 0 Å². The second-order valence-electron chi connectivity index (χ2n) is 2.85. The minimum Gasteiger partial charge on any atom is -0.396 e. The van der Waals surface area contributed by atoms with Crippen molar-refractivity contribution in [1.82, 2.24) is 5.32 Å². The summed E-state index contributed by atoms with van der Waals surface area (Å²) in [7, 11) is 1.99. The second-order valence-corrected chi connectivity index (χ2v) is 2.85. The zero-order chi connectivity index (χ0) is 6.69. The molecule has 1 rings (SSSR count). The lowest BCUT2D eigenvalue weighted by atomic mass is 10.1. The predicted octanol–water partition coefficient (Wildman–Crippen LogP) is 0.367. The first kappa shape index (κ1) is 7.03. The lowest BCUT2D eigenvalue weighted by molar-refractivity contribution is 0.228. The van der Waals surface area contributed by atoms with Crippen LogP contribution in [0.15, 0.2) is 0 Å². The summed E-state index contributed by atoms with van der Waals surface area (Å²) in [6, 6.07) is 0.669. The Bertz CT molecular complexity index is 75.0. The van der Waals surface area contributed by atoms with Crippen molar-refractivity contribution in [3.63, 3.8) is 0 Å². The van der Waals surface area contributed by atoms with Crippen molar-refractivity contribution in [3.05, 3.63) is 0 Å². The Morgan fingerprint density at radius 1 is 1.56 bits per heavy atom. The number of hydrogen-bond donors (Lipinski definition) is 2. The third kappa shape index (κ3) is 1.66. The van der Waals surface area contributed by atoms with Crippen LogP contribution < -0.4 is 5.32 Å². The van der Waals surface area contributed by atoms with Crippen LogP contribution >= 0.6 is 0 Å². The van der Waals surface area contributed by atoms with Gasteiger partial charge >= 0.3 is 0 Å². The highest BCUT2D eigenvalue weighted by molar-refractivity contribution is 4.78. The summed E-state index contributed by atoms with van der Waals surface area (Å²) in [4.78, 5) is 0. The Morgan fingerprint density at radius 2 is 2.33 bits per heavy atom. The van der Waals surface area contributed by atoms with E-state index in [-0.39, 0.29) is 0 Å². The SMILES string of the molecule is CNC1CCC(CO)C1. The van der Waals surface area contributed by atoms with Crippen LogP contribution in [0, 0.1) is 5.92 Å². The molecule has 1 aliphatic rings. The molecule has 0 radical (unpaired) electrons. The smallest absolute Gasteiger partial charge is 0.0459 e. The molecule has 2 unspecified atom stereocenters. The monoisotopic (exact) mass is 129 g/mol. The first-order chi connectivity index (χ1) is 4.36. The first-order valence-electron chi connectivity index (χ1n) is 3.65. The fourth-order valence-corrected chi connectivity index (χ4v) is 1.50. The van der Waals surface area contributed by atoms with E-state index in [4.69, 9.17) is 5.11 Å². The fraction of sp³-hybridized carbons (Fsp3) is 1.00. The lowest BCUT2D eigenvalue weighted by Crippen LogP contribution is -2.21. The molecule has 0 amide bonds. The van der Waals surface area contributed by atoms with Gasteiger partial charge in [-0.15, -0.1) is 0 Å². The van der Waals surface area contributed by atoms with Gasteiger partial charge in [0, 0.05) is 12.6 Å². The largest absolute Gasteiger partial charge is 0.396 e. The van der Waals surface area contributed by atoms with Crippen LogP contribution in [0.3, 0.4) is 0 Å². The molecule has 2 nitrogen and oxygen atoms in total. The maximum absolute atomic E-state index is 8.75. The van der Waals surface area contributed by atoms with Crippen LogP contribution in [0.2, 0.25) is 0 Å². The van der Waals surface area contributed by atoms with E-state index in [0.717, 1.165) is 6.42 Å². The summed E-state index contributed by atoms with van der Waals surface area (Å²) >= 11 is 0. The molecule has 0 aromatic carbocycles. The van der Waals surface area contributed by atoms with Crippen molar-refractivity contribution in [2.45, 2.75) is 25.3 Å². The van der Waals surface area contributed by atoms with Gasteiger partial charge in [-0.1, -0.05) is 0 Å². The van der Waals surface area contributed by atoms with Gasteiger partial charge in [0.1, 0.15) is 0 Å². The molecule has 2 N–H and O–H groups in total. The topological polar surface area (TPSA) is 32.3 Å². The average Bonchev–Trinajstić information content (AvgIpc) is 2.34.